The van der Waals surface area contributed by atoms with Gasteiger partial charge in [-0.1, -0.05) is 104 Å². The summed E-state index contributed by atoms with van der Waals surface area (Å²) in [7, 11) is 0. The Kier molecular flexibility index (Phi) is 16.7. The van der Waals surface area contributed by atoms with Crippen molar-refractivity contribution < 1.29 is 29.0 Å². The van der Waals surface area contributed by atoms with E-state index in [2.05, 4.69) is 29.2 Å². The van der Waals surface area contributed by atoms with E-state index in [1.807, 2.05) is 27.7 Å². The Morgan fingerprint density at radius 1 is 0.786 bits per heavy atom. The van der Waals surface area contributed by atoms with E-state index in [0.29, 0.717) is 29.9 Å². The number of nitro benzene ring substituents is 2. The van der Waals surface area contributed by atoms with Crippen molar-refractivity contribution in [3.05, 3.63) is 92.0 Å². The second-order valence-corrected chi connectivity index (χ2v) is 14.5. The molecule has 56 heavy (non-hydrogen) atoms. The Hall–Kier alpha value is -5.67. The molecule has 0 saturated carbocycles. The Bertz CT molecular complexity index is 1820. The van der Waals surface area contributed by atoms with Gasteiger partial charge in [-0.25, -0.2) is 0 Å². The van der Waals surface area contributed by atoms with Crippen LogP contribution in [0.4, 0.5) is 11.4 Å². The first-order valence-corrected chi connectivity index (χ1v) is 19.2. The molecule has 0 bridgehead atoms. The molecule has 2 aromatic rings. The third kappa shape index (κ3) is 10.5. The summed E-state index contributed by atoms with van der Waals surface area (Å²) in [6.45, 7) is 12.9. The zero-order chi connectivity index (χ0) is 41.6. The first-order chi connectivity index (χ1) is 26.7. The van der Waals surface area contributed by atoms with Crippen LogP contribution in [0, 0.1) is 38.0 Å². The van der Waals surface area contributed by atoms with Gasteiger partial charge in [-0.3, -0.25) is 49.2 Å². The van der Waals surface area contributed by atoms with E-state index >= 15 is 0 Å². The van der Waals surface area contributed by atoms with E-state index in [-0.39, 0.29) is 46.8 Å². The lowest BCUT2D eigenvalue weighted by Gasteiger charge is -2.34. The van der Waals surface area contributed by atoms with Crippen LogP contribution in [0.3, 0.4) is 0 Å². The van der Waals surface area contributed by atoms with Crippen LogP contribution in [-0.4, -0.2) is 68.1 Å². The second-order valence-electron chi connectivity index (χ2n) is 14.5. The molecule has 5 rings (SSSR count). The maximum atomic E-state index is 13.2. The number of fused-ring (bicyclic) bond motifs is 1. The van der Waals surface area contributed by atoms with E-state index in [4.69, 9.17) is 5.84 Å². The number of unbranched alkanes of at least 4 members (excludes halogenated alkanes) is 6. The van der Waals surface area contributed by atoms with Gasteiger partial charge in [-0.2, -0.15) is 15.3 Å². The predicted molar refractivity (Wildman–Crippen MR) is 211 cm³/mol. The van der Waals surface area contributed by atoms with Gasteiger partial charge in [0.05, 0.1) is 15.6 Å². The first kappa shape index (κ1) is 44.7. The molecule has 4 amide bonds. The molecule has 16 heteroatoms. The number of rotatable bonds is 16. The summed E-state index contributed by atoms with van der Waals surface area (Å²) < 4.78 is 0. The third-order valence-electron chi connectivity index (χ3n) is 10.00. The van der Waals surface area contributed by atoms with Gasteiger partial charge in [-0.15, -0.1) is 0 Å². The molecule has 3 unspecified atom stereocenters. The summed E-state index contributed by atoms with van der Waals surface area (Å²) in [5, 5.41) is 34.0. The van der Waals surface area contributed by atoms with Crippen LogP contribution in [-0.2, 0) is 24.7 Å². The van der Waals surface area contributed by atoms with Crippen molar-refractivity contribution in [2.75, 3.05) is 13.1 Å². The molecule has 3 atom stereocenters. The average Bonchev–Trinajstić information content (AvgIpc) is 3.81. The molecule has 3 aliphatic heterocycles. The van der Waals surface area contributed by atoms with Crippen LogP contribution < -0.4 is 5.84 Å². The van der Waals surface area contributed by atoms with Crippen molar-refractivity contribution >= 4 is 40.7 Å². The van der Waals surface area contributed by atoms with Crippen molar-refractivity contribution in [3.8, 4) is 0 Å². The number of hydrazone groups is 1. The normalized spacial score (nSPS) is 20.0. The van der Waals surface area contributed by atoms with Crippen LogP contribution in [0.5, 0.6) is 0 Å². The zero-order valence-electron chi connectivity index (χ0n) is 33.1. The number of nitrogens with two attached hydrogens (primary N) is 1. The molecule has 0 aliphatic carbocycles. The Morgan fingerprint density at radius 2 is 1.32 bits per heavy atom. The minimum Gasteiger partial charge on any atom is -0.323 e. The number of non-ortho nitro benzene ring substituents is 2. The first-order valence-electron chi connectivity index (χ1n) is 19.2. The highest BCUT2D eigenvalue weighted by Crippen LogP contribution is 2.51. The number of hydrogen-bond donors (Lipinski definition) is 1. The van der Waals surface area contributed by atoms with Crippen LogP contribution in [0.15, 0.2) is 76.0 Å². The van der Waals surface area contributed by atoms with Gasteiger partial charge in [0.2, 0.25) is 5.91 Å². The number of hydrogen-bond acceptors (Lipinski definition) is 12. The number of carbonyl (C=O) groups is 4. The second kappa shape index (κ2) is 20.9. The maximum absolute atomic E-state index is 13.2. The van der Waals surface area contributed by atoms with Crippen molar-refractivity contribution in [1.82, 2.24) is 9.80 Å². The summed E-state index contributed by atoms with van der Waals surface area (Å²) in [6, 6.07) is 11.6. The zero-order valence-corrected chi connectivity index (χ0v) is 33.1. The summed E-state index contributed by atoms with van der Waals surface area (Å²) in [5.41, 5.74) is 0.836. The van der Waals surface area contributed by atoms with E-state index in [0.717, 1.165) is 38.5 Å². The van der Waals surface area contributed by atoms with E-state index in [1.165, 1.54) is 59.1 Å². The molecule has 0 radical (unpaired) electrons. The molecule has 3 heterocycles. The number of azo groups is 1. The number of carbonyl (C=O) groups excluding carboxylic acids is 4. The number of amides is 4. The van der Waals surface area contributed by atoms with Crippen LogP contribution in [0.1, 0.15) is 104 Å². The van der Waals surface area contributed by atoms with Gasteiger partial charge in [0.15, 0.2) is 6.04 Å². The molecule has 3 aliphatic rings. The van der Waals surface area contributed by atoms with E-state index < -0.39 is 27.3 Å². The minimum atomic E-state index is -1.07. The fraction of sp³-hybridized carbons (Fsp3) is 0.525. The Labute approximate surface area is 327 Å². The van der Waals surface area contributed by atoms with Gasteiger partial charge < -0.3 is 5.84 Å². The quantitative estimate of drug-likeness (QED) is 0.0452. The molecule has 1 fully saturated rings. The molecule has 302 valence electrons. The molecule has 0 aromatic heterocycles. The summed E-state index contributed by atoms with van der Waals surface area (Å²) >= 11 is 0. The molecule has 2 aromatic carbocycles. The molecular weight excluding hydrogens is 720 g/mol. The van der Waals surface area contributed by atoms with Crippen molar-refractivity contribution in [2.45, 2.75) is 104 Å². The standard InChI is InChI=1S/C20H26N4O4.C10H13N3O2.C10H15NO2/c1-4-5-6-7-11-23-18(25)16-17(19(23)26)21-22-20(16,13(2)3)14-9-8-10-15(12-14)24(27)28;1-7(2)10(12-11)8-4-3-5-9(6-8)13(14)15;1-2-3-4-5-8-11-9(12)6-7-10(11)13/h8-10,12-13,16-17H,4-7,11H2,1-3H3;3-7H,11H2,1-2H3;6-7H,2-5,8H2,1H3/b;12-10+;. The van der Waals surface area contributed by atoms with Crippen LogP contribution >= 0.6 is 0 Å². The van der Waals surface area contributed by atoms with Gasteiger partial charge in [0.25, 0.3) is 29.1 Å². The van der Waals surface area contributed by atoms with Crippen LogP contribution in [0.2, 0.25) is 0 Å². The lowest BCUT2D eigenvalue weighted by atomic mass is 9.70. The third-order valence-corrected chi connectivity index (χ3v) is 10.00. The van der Waals surface area contributed by atoms with E-state index in [9.17, 15) is 39.4 Å². The topological polar surface area (TPSA) is 224 Å². The number of nitro groups is 2. The number of likely N-dealkylation sites (tertiary alicyclic amines) is 1. The monoisotopic (exact) mass is 774 g/mol. The van der Waals surface area contributed by atoms with Crippen LogP contribution in [0.25, 0.3) is 0 Å². The SMILES string of the molecule is CC(C)/C(=N\N)c1cccc([N+](=O)[O-])c1.CCCCCCN1C(=O)C2N=NC(c3cccc([N+](=O)[O-])c3)(C(C)C)C2C1=O.CCCCCCN1C(=O)C=CC1=O. The number of imide groups is 2. The van der Waals surface area contributed by atoms with Gasteiger partial charge in [-0.05, 0) is 30.2 Å². The average molecular weight is 775 g/mol. The highest BCUT2D eigenvalue weighted by atomic mass is 16.6. The van der Waals surface area contributed by atoms with Gasteiger partial charge in [0, 0.05) is 55.1 Å². The Balaban J connectivity index is 0.000000252. The van der Waals surface area contributed by atoms with Crippen molar-refractivity contribution in [2.24, 2.45) is 38.9 Å². The highest BCUT2D eigenvalue weighted by molar-refractivity contribution is 6.12. The van der Waals surface area contributed by atoms with Crippen molar-refractivity contribution in [1.29, 1.82) is 0 Å². The fourth-order valence-corrected chi connectivity index (χ4v) is 6.99. The maximum Gasteiger partial charge on any atom is 0.270 e. The lowest BCUT2D eigenvalue weighted by Crippen LogP contribution is -2.43. The smallest absolute Gasteiger partial charge is 0.270 e. The molecule has 2 N–H and O–H groups in total. The van der Waals surface area contributed by atoms with Gasteiger partial charge in [0.1, 0.15) is 11.5 Å². The fourth-order valence-electron chi connectivity index (χ4n) is 6.99. The predicted octanol–water partition coefficient (Wildman–Crippen LogP) is 7.25. The largest absolute Gasteiger partial charge is 0.323 e. The Morgan fingerprint density at radius 3 is 1.82 bits per heavy atom. The molecule has 0 spiro atoms. The molecular formula is C40H54N8O8. The number of benzene rings is 2. The summed E-state index contributed by atoms with van der Waals surface area (Å²) in [4.78, 5) is 71.7. The van der Waals surface area contributed by atoms with Crippen molar-refractivity contribution in [3.63, 3.8) is 0 Å². The molecule has 1 saturated heterocycles. The lowest BCUT2D eigenvalue weighted by molar-refractivity contribution is -0.385. The number of nitrogens with zero attached hydrogens (tertiary/aromatic N) is 7. The highest BCUT2D eigenvalue weighted by Gasteiger charge is 2.63. The summed E-state index contributed by atoms with van der Waals surface area (Å²) in [5.74, 6) is 3.58. The molecule has 16 nitrogen and oxygen atoms in total. The van der Waals surface area contributed by atoms with E-state index in [1.54, 1.807) is 24.3 Å². The van der Waals surface area contributed by atoms with Gasteiger partial charge >= 0.3 is 0 Å². The summed E-state index contributed by atoms with van der Waals surface area (Å²) in [6.07, 6.45) is 10.9. The minimum absolute atomic E-state index is 0.0503.